The topological polar surface area (TPSA) is 66.9 Å². The molecular formula is C17H19F3N4O. The normalized spacial score (nSPS) is 11.2. The number of benzene rings is 1. The molecule has 0 aliphatic carbocycles. The zero-order valence-electron chi connectivity index (χ0n) is 13.7. The van der Waals surface area contributed by atoms with E-state index >= 15 is 0 Å². The summed E-state index contributed by atoms with van der Waals surface area (Å²) in [7, 11) is 0. The molecule has 134 valence electrons. The summed E-state index contributed by atoms with van der Waals surface area (Å²) in [5.41, 5.74) is -1.13. The lowest BCUT2D eigenvalue weighted by Gasteiger charge is -2.13. The lowest BCUT2D eigenvalue weighted by atomic mass is 10.1. The molecule has 8 heteroatoms. The van der Waals surface area contributed by atoms with E-state index in [4.69, 9.17) is 0 Å². The third-order valence-corrected chi connectivity index (χ3v) is 3.46. The number of halogens is 3. The highest BCUT2D eigenvalue weighted by atomic mass is 19.4. The van der Waals surface area contributed by atoms with Gasteiger partial charge < -0.3 is 10.6 Å². The fourth-order valence-corrected chi connectivity index (χ4v) is 2.15. The van der Waals surface area contributed by atoms with Crippen LogP contribution in [0, 0.1) is 0 Å². The van der Waals surface area contributed by atoms with Crippen LogP contribution in [0.5, 0.6) is 0 Å². The largest absolute Gasteiger partial charge is 0.418 e. The Balaban J connectivity index is 2.02. The smallest absolute Gasteiger partial charge is 0.354 e. The van der Waals surface area contributed by atoms with E-state index in [9.17, 15) is 18.0 Å². The Morgan fingerprint density at radius 1 is 1.12 bits per heavy atom. The summed E-state index contributed by atoms with van der Waals surface area (Å²) in [6.07, 6.45) is 1.18. The van der Waals surface area contributed by atoms with Gasteiger partial charge in [-0.3, -0.25) is 4.79 Å². The number of rotatable bonds is 7. The molecule has 5 nitrogen and oxygen atoms in total. The van der Waals surface area contributed by atoms with Gasteiger partial charge in [-0.05, 0) is 18.6 Å². The Bertz CT molecular complexity index is 702. The van der Waals surface area contributed by atoms with Gasteiger partial charge in [0, 0.05) is 18.9 Å². The van der Waals surface area contributed by atoms with Crippen LogP contribution in [0.25, 0.3) is 0 Å². The van der Waals surface area contributed by atoms with Gasteiger partial charge >= 0.3 is 6.18 Å². The first-order valence-electron chi connectivity index (χ1n) is 7.95. The number of carbonyl (C=O) groups is 1. The lowest BCUT2D eigenvalue weighted by Crippen LogP contribution is -2.17. The SMILES string of the molecule is CCCCCNc1ncc(C(=O)Nc2ccccc2C(F)(F)F)cn1. The minimum atomic E-state index is -4.55. The Morgan fingerprint density at radius 2 is 1.80 bits per heavy atom. The maximum Gasteiger partial charge on any atom is 0.418 e. The van der Waals surface area contributed by atoms with Crippen LogP contribution in [-0.2, 0) is 6.18 Å². The van der Waals surface area contributed by atoms with Crippen molar-refractivity contribution in [3.8, 4) is 0 Å². The van der Waals surface area contributed by atoms with Gasteiger partial charge in [-0.2, -0.15) is 13.2 Å². The number of aromatic nitrogens is 2. The number of carbonyl (C=O) groups excluding carboxylic acids is 1. The monoisotopic (exact) mass is 352 g/mol. The molecule has 0 fully saturated rings. The minimum absolute atomic E-state index is 0.0797. The maximum atomic E-state index is 12.9. The number of nitrogens with one attached hydrogen (secondary N) is 2. The summed E-state index contributed by atoms with van der Waals surface area (Å²) in [6, 6.07) is 4.80. The molecule has 0 aliphatic rings. The van der Waals surface area contributed by atoms with E-state index in [-0.39, 0.29) is 11.3 Å². The van der Waals surface area contributed by atoms with Crippen LogP contribution >= 0.6 is 0 Å². The van der Waals surface area contributed by atoms with Crippen LogP contribution in [-0.4, -0.2) is 22.4 Å². The van der Waals surface area contributed by atoms with Crippen molar-refractivity contribution in [3.63, 3.8) is 0 Å². The van der Waals surface area contributed by atoms with E-state index < -0.39 is 17.6 Å². The van der Waals surface area contributed by atoms with Crippen LogP contribution in [0.15, 0.2) is 36.7 Å². The number of para-hydroxylation sites is 1. The molecule has 1 heterocycles. The summed E-state index contributed by atoms with van der Waals surface area (Å²) in [5.74, 6) is -0.322. The van der Waals surface area contributed by atoms with Crippen LogP contribution in [0.4, 0.5) is 24.8 Å². The zero-order chi connectivity index (χ0) is 18.3. The third-order valence-electron chi connectivity index (χ3n) is 3.46. The number of amides is 1. The van der Waals surface area contributed by atoms with Gasteiger partial charge in [-0.25, -0.2) is 9.97 Å². The van der Waals surface area contributed by atoms with Crippen molar-refractivity contribution in [1.29, 1.82) is 0 Å². The predicted octanol–water partition coefficient (Wildman–Crippen LogP) is 4.35. The van der Waals surface area contributed by atoms with E-state index in [1.807, 2.05) is 0 Å². The van der Waals surface area contributed by atoms with Gasteiger partial charge in [-0.1, -0.05) is 31.9 Å². The minimum Gasteiger partial charge on any atom is -0.354 e. The Labute approximate surface area is 143 Å². The van der Waals surface area contributed by atoms with Crippen molar-refractivity contribution in [2.75, 3.05) is 17.2 Å². The van der Waals surface area contributed by atoms with E-state index in [1.54, 1.807) is 0 Å². The Morgan fingerprint density at radius 3 is 2.44 bits per heavy atom. The molecule has 0 unspecified atom stereocenters. The highest BCUT2D eigenvalue weighted by Crippen LogP contribution is 2.34. The van der Waals surface area contributed by atoms with Gasteiger partial charge in [0.25, 0.3) is 5.91 Å². The van der Waals surface area contributed by atoms with Crippen molar-refractivity contribution < 1.29 is 18.0 Å². The van der Waals surface area contributed by atoms with Gasteiger partial charge in [0.15, 0.2) is 0 Å². The second-order valence-electron chi connectivity index (χ2n) is 5.43. The summed E-state index contributed by atoms with van der Waals surface area (Å²) in [4.78, 5) is 20.1. The molecule has 1 aromatic carbocycles. The second-order valence-corrected chi connectivity index (χ2v) is 5.43. The van der Waals surface area contributed by atoms with E-state index in [1.165, 1.54) is 30.6 Å². The first-order valence-corrected chi connectivity index (χ1v) is 7.95. The van der Waals surface area contributed by atoms with Crippen molar-refractivity contribution in [2.45, 2.75) is 32.4 Å². The van der Waals surface area contributed by atoms with Crippen LogP contribution in [0.1, 0.15) is 42.1 Å². The molecule has 2 aromatic rings. The molecule has 0 aliphatic heterocycles. The van der Waals surface area contributed by atoms with Crippen LogP contribution in [0.3, 0.4) is 0 Å². The molecule has 1 aromatic heterocycles. The van der Waals surface area contributed by atoms with E-state index in [0.717, 1.165) is 31.9 Å². The molecular weight excluding hydrogens is 333 g/mol. The van der Waals surface area contributed by atoms with E-state index in [2.05, 4.69) is 27.5 Å². The number of nitrogens with zero attached hydrogens (tertiary/aromatic N) is 2. The summed E-state index contributed by atoms with van der Waals surface area (Å²) < 4.78 is 38.8. The third kappa shape index (κ3) is 5.44. The van der Waals surface area contributed by atoms with Gasteiger partial charge in [0.1, 0.15) is 0 Å². The molecule has 2 rings (SSSR count). The summed E-state index contributed by atoms with van der Waals surface area (Å²) in [6.45, 7) is 2.82. The number of unbranched alkanes of at least 4 members (excludes halogenated alkanes) is 2. The predicted molar refractivity (Wildman–Crippen MR) is 89.4 cm³/mol. The summed E-state index contributed by atoms with van der Waals surface area (Å²) >= 11 is 0. The lowest BCUT2D eigenvalue weighted by molar-refractivity contribution is -0.136. The fourth-order valence-electron chi connectivity index (χ4n) is 2.15. The maximum absolute atomic E-state index is 12.9. The van der Waals surface area contributed by atoms with Gasteiger partial charge in [0.05, 0.1) is 16.8 Å². The molecule has 25 heavy (non-hydrogen) atoms. The van der Waals surface area contributed by atoms with Crippen molar-refractivity contribution in [1.82, 2.24) is 9.97 Å². The highest BCUT2D eigenvalue weighted by Gasteiger charge is 2.33. The molecule has 0 radical (unpaired) electrons. The van der Waals surface area contributed by atoms with Gasteiger partial charge in [0.2, 0.25) is 5.95 Å². The van der Waals surface area contributed by atoms with Crippen molar-refractivity contribution in [3.05, 3.63) is 47.8 Å². The summed E-state index contributed by atoms with van der Waals surface area (Å²) in [5, 5.41) is 5.28. The Hall–Kier alpha value is -2.64. The molecule has 0 atom stereocenters. The standard InChI is InChI=1S/C17H19F3N4O/c1-2-3-6-9-21-16-22-10-12(11-23-16)15(25)24-14-8-5-4-7-13(14)17(18,19)20/h4-5,7-8,10-11H,2-3,6,9H2,1H3,(H,24,25)(H,21,22,23). The average Bonchev–Trinajstić information content (AvgIpc) is 2.59. The average molecular weight is 352 g/mol. The van der Waals surface area contributed by atoms with Gasteiger partial charge in [-0.15, -0.1) is 0 Å². The second kappa shape index (κ2) is 8.46. The number of alkyl halides is 3. The van der Waals surface area contributed by atoms with Crippen LogP contribution in [0.2, 0.25) is 0 Å². The molecule has 2 N–H and O–H groups in total. The van der Waals surface area contributed by atoms with Crippen molar-refractivity contribution in [2.24, 2.45) is 0 Å². The number of anilines is 2. The number of hydrogen-bond donors (Lipinski definition) is 2. The number of hydrogen-bond acceptors (Lipinski definition) is 4. The highest BCUT2D eigenvalue weighted by molar-refractivity contribution is 6.04. The molecule has 0 saturated heterocycles. The molecule has 1 amide bonds. The van der Waals surface area contributed by atoms with E-state index in [0.29, 0.717) is 5.95 Å². The molecule has 0 bridgehead atoms. The Kier molecular flexibility index (Phi) is 6.32. The fraction of sp³-hybridized carbons (Fsp3) is 0.353. The quantitative estimate of drug-likeness (QED) is 0.727. The first-order chi connectivity index (χ1) is 11.9. The zero-order valence-corrected chi connectivity index (χ0v) is 13.7. The van der Waals surface area contributed by atoms with Crippen molar-refractivity contribution >= 4 is 17.5 Å². The van der Waals surface area contributed by atoms with Crippen LogP contribution < -0.4 is 10.6 Å². The molecule has 0 saturated carbocycles. The first kappa shape index (κ1) is 18.7. The molecule has 0 spiro atoms.